The Morgan fingerprint density at radius 3 is 3.36 bits per heavy atom. The van der Waals surface area contributed by atoms with Crippen molar-refractivity contribution >= 4 is 0 Å². The molecule has 0 amide bonds. The van der Waals surface area contributed by atoms with Crippen LogP contribution in [0.1, 0.15) is 24.5 Å². The van der Waals surface area contributed by atoms with Gasteiger partial charge < -0.3 is 9.88 Å². The van der Waals surface area contributed by atoms with Crippen LogP contribution in [0.15, 0.2) is 12.5 Å². The summed E-state index contributed by atoms with van der Waals surface area (Å²) in [5.41, 5.74) is 1.32. The van der Waals surface area contributed by atoms with E-state index in [-0.39, 0.29) is 0 Å². The molecule has 0 aromatic carbocycles. The highest BCUT2D eigenvalue weighted by molar-refractivity contribution is 5.09. The smallest absolute Gasteiger partial charge is 0.0948 e. The van der Waals surface area contributed by atoms with E-state index in [0.717, 1.165) is 26.1 Å². The minimum Gasteiger partial charge on any atom is -0.333 e. The van der Waals surface area contributed by atoms with Crippen LogP contribution in [0.3, 0.4) is 0 Å². The van der Waals surface area contributed by atoms with E-state index in [1.807, 2.05) is 12.5 Å². The molecule has 0 saturated carbocycles. The van der Waals surface area contributed by atoms with Gasteiger partial charge in [0.2, 0.25) is 0 Å². The van der Waals surface area contributed by atoms with Gasteiger partial charge in [0.1, 0.15) is 0 Å². The van der Waals surface area contributed by atoms with E-state index in [1.54, 1.807) is 0 Å². The van der Waals surface area contributed by atoms with Crippen molar-refractivity contribution in [1.29, 1.82) is 0 Å². The maximum atomic E-state index is 5.25. The molecule has 0 aliphatic carbocycles. The molecule has 1 saturated heterocycles. The first kappa shape index (κ1) is 9.29. The lowest BCUT2D eigenvalue weighted by Crippen LogP contribution is -2.11. The molecular formula is C11H15N3. The van der Waals surface area contributed by atoms with Crippen molar-refractivity contribution < 1.29 is 0 Å². The largest absolute Gasteiger partial charge is 0.333 e. The predicted octanol–water partition coefficient (Wildman–Crippen LogP) is 0.983. The maximum Gasteiger partial charge on any atom is 0.0948 e. The Kier molecular flexibility index (Phi) is 2.85. The number of nitrogens with zero attached hydrogens (tertiary/aromatic N) is 2. The highest BCUT2D eigenvalue weighted by Gasteiger charge is 2.19. The van der Waals surface area contributed by atoms with Gasteiger partial charge in [-0.1, -0.05) is 0 Å². The van der Waals surface area contributed by atoms with E-state index in [0.29, 0.717) is 5.92 Å². The summed E-state index contributed by atoms with van der Waals surface area (Å²) >= 11 is 0. The summed E-state index contributed by atoms with van der Waals surface area (Å²) in [6.07, 6.45) is 11.1. The average molecular weight is 189 g/mol. The fourth-order valence-corrected chi connectivity index (χ4v) is 1.95. The molecule has 1 aliphatic heterocycles. The number of terminal acetylenes is 1. The van der Waals surface area contributed by atoms with Gasteiger partial charge in [-0.2, -0.15) is 0 Å². The second-order valence-electron chi connectivity index (χ2n) is 3.66. The molecule has 1 fully saturated rings. The number of aryl methyl sites for hydroxylation is 1. The van der Waals surface area contributed by atoms with Crippen LogP contribution in [0.2, 0.25) is 0 Å². The van der Waals surface area contributed by atoms with E-state index >= 15 is 0 Å². The second-order valence-corrected chi connectivity index (χ2v) is 3.66. The molecule has 1 aromatic heterocycles. The third-order valence-corrected chi connectivity index (χ3v) is 2.72. The van der Waals surface area contributed by atoms with E-state index in [1.165, 1.54) is 12.1 Å². The number of hydrogen-bond acceptors (Lipinski definition) is 2. The fourth-order valence-electron chi connectivity index (χ4n) is 1.95. The molecule has 3 nitrogen and oxygen atoms in total. The summed E-state index contributed by atoms with van der Waals surface area (Å²) in [5, 5.41) is 3.36. The summed E-state index contributed by atoms with van der Waals surface area (Å²) in [4.78, 5) is 4.19. The maximum absolute atomic E-state index is 5.25. The molecule has 0 bridgehead atoms. The molecule has 0 spiro atoms. The Labute approximate surface area is 84.5 Å². The SMILES string of the molecule is C#CCCn1cncc1C1CCNC1. The summed E-state index contributed by atoms with van der Waals surface area (Å²) in [5.74, 6) is 3.28. The van der Waals surface area contributed by atoms with Crippen LogP contribution in [0.5, 0.6) is 0 Å². The third-order valence-electron chi connectivity index (χ3n) is 2.72. The molecule has 1 aliphatic rings. The lowest BCUT2D eigenvalue weighted by molar-refractivity contribution is 0.622. The summed E-state index contributed by atoms with van der Waals surface area (Å²) in [6.45, 7) is 3.08. The zero-order valence-electron chi connectivity index (χ0n) is 8.24. The van der Waals surface area contributed by atoms with Gasteiger partial charge >= 0.3 is 0 Å². The zero-order chi connectivity index (χ0) is 9.80. The Morgan fingerprint density at radius 1 is 1.71 bits per heavy atom. The number of imidazole rings is 1. The monoisotopic (exact) mass is 189 g/mol. The first-order valence-electron chi connectivity index (χ1n) is 5.06. The van der Waals surface area contributed by atoms with Gasteiger partial charge in [-0.3, -0.25) is 0 Å². The molecule has 14 heavy (non-hydrogen) atoms. The Hall–Kier alpha value is -1.27. The van der Waals surface area contributed by atoms with Crippen molar-refractivity contribution in [3.8, 4) is 12.3 Å². The van der Waals surface area contributed by atoms with Crippen molar-refractivity contribution in [2.75, 3.05) is 13.1 Å². The lowest BCUT2D eigenvalue weighted by atomic mass is 10.1. The fraction of sp³-hybridized carbons (Fsp3) is 0.545. The van der Waals surface area contributed by atoms with Crippen LogP contribution in [0, 0.1) is 12.3 Å². The van der Waals surface area contributed by atoms with Crippen LogP contribution in [0.25, 0.3) is 0 Å². The standard InChI is InChI=1S/C11H15N3/c1-2-3-6-14-9-13-8-11(14)10-4-5-12-7-10/h1,8-10,12H,3-7H2. The quantitative estimate of drug-likeness (QED) is 0.718. The van der Waals surface area contributed by atoms with E-state index in [9.17, 15) is 0 Å². The average Bonchev–Trinajstić information content (AvgIpc) is 2.84. The lowest BCUT2D eigenvalue weighted by Gasteiger charge is -2.11. The Morgan fingerprint density at radius 2 is 2.64 bits per heavy atom. The minimum absolute atomic E-state index is 0.621. The summed E-state index contributed by atoms with van der Waals surface area (Å²) < 4.78 is 2.18. The van der Waals surface area contributed by atoms with Gasteiger partial charge in [-0.05, 0) is 13.0 Å². The molecular weight excluding hydrogens is 174 g/mol. The van der Waals surface area contributed by atoms with Gasteiger partial charge in [0.25, 0.3) is 0 Å². The molecule has 3 heteroatoms. The number of hydrogen-bond donors (Lipinski definition) is 1. The highest BCUT2D eigenvalue weighted by atomic mass is 15.1. The van der Waals surface area contributed by atoms with Crippen LogP contribution in [0.4, 0.5) is 0 Å². The highest BCUT2D eigenvalue weighted by Crippen LogP contribution is 2.21. The first-order valence-corrected chi connectivity index (χ1v) is 5.06. The molecule has 1 N–H and O–H groups in total. The van der Waals surface area contributed by atoms with Crippen LogP contribution >= 0.6 is 0 Å². The van der Waals surface area contributed by atoms with E-state index in [4.69, 9.17) is 6.42 Å². The molecule has 2 rings (SSSR count). The van der Waals surface area contributed by atoms with Gasteiger partial charge in [-0.25, -0.2) is 4.98 Å². The predicted molar refractivity (Wildman–Crippen MR) is 55.9 cm³/mol. The van der Waals surface area contributed by atoms with Crippen LogP contribution in [-0.4, -0.2) is 22.6 Å². The Bertz CT molecular complexity index is 329. The van der Waals surface area contributed by atoms with E-state index in [2.05, 4.69) is 20.8 Å². The number of aromatic nitrogens is 2. The van der Waals surface area contributed by atoms with Crippen molar-refractivity contribution in [2.24, 2.45) is 0 Å². The van der Waals surface area contributed by atoms with Gasteiger partial charge in [-0.15, -0.1) is 12.3 Å². The van der Waals surface area contributed by atoms with Gasteiger partial charge in [0, 0.05) is 37.3 Å². The van der Waals surface area contributed by atoms with E-state index < -0.39 is 0 Å². The summed E-state index contributed by atoms with van der Waals surface area (Å²) in [6, 6.07) is 0. The topological polar surface area (TPSA) is 29.9 Å². The molecule has 2 heterocycles. The first-order chi connectivity index (χ1) is 6.92. The molecule has 1 unspecified atom stereocenters. The zero-order valence-corrected chi connectivity index (χ0v) is 8.24. The van der Waals surface area contributed by atoms with Crippen molar-refractivity contribution in [2.45, 2.75) is 25.3 Å². The molecule has 74 valence electrons. The van der Waals surface area contributed by atoms with Crippen LogP contribution < -0.4 is 5.32 Å². The Balaban J connectivity index is 2.08. The van der Waals surface area contributed by atoms with Crippen molar-refractivity contribution in [1.82, 2.24) is 14.9 Å². The normalized spacial score (nSPS) is 20.9. The molecule has 1 atom stereocenters. The van der Waals surface area contributed by atoms with Gasteiger partial charge in [0.05, 0.1) is 6.33 Å². The molecule has 1 aromatic rings. The third kappa shape index (κ3) is 1.80. The van der Waals surface area contributed by atoms with Crippen molar-refractivity contribution in [3.63, 3.8) is 0 Å². The molecule has 0 radical (unpaired) electrons. The van der Waals surface area contributed by atoms with Crippen LogP contribution in [-0.2, 0) is 6.54 Å². The number of nitrogens with one attached hydrogen (secondary N) is 1. The van der Waals surface area contributed by atoms with Crippen molar-refractivity contribution in [3.05, 3.63) is 18.2 Å². The summed E-state index contributed by atoms with van der Waals surface area (Å²) in [7, 11) is 0. The second kappa shape index (κ2) is 4.30. The minimum atomic E-state index is 0.621. The van der Waals surface area contributed by atoms with Gasteiger partial charge in [0.15, 0.2) is 0 Å². The number of rotatable bonds is 3.